The average Bonchev–Trinajstić information content (AvgIpc) is 3.86. The molecule has 0 spiro atoms. The number of aromatic nitrogens is 6. The van der Waals surface area contributed by atoms with Crippen molar-refractivity contribution in [3.05, 3.63) is 82.2 Å². The lowest BCUT2D eigenvalue weighted by molar-refractivity contribution is 0.432. The van der Waals surface area contributed by atoms with Crippen molar-refractivity contribution in [3.8, 4) is 57.2 Å². The first-order valence-corrected chi connectivity index (χ1v) is 18.7. The third-order valence-electron chi connectivity index (χ3n) is 9.44. The van der Waals surface area contributed by atoms with Gasteiger partial charge in [-0.2, -0.15) is 9.97 Å². The van der Waals surface area contributed by atoms with Gasteiger partial charge in [-0.15, -0.1) is 0 Å². The normalized spacial score (nSPS) is 11.0. The molecule has 0 bridgehead atoms. The number of rotatable bonds is 12. The number of aryl methyl sites for hydroxylation is 6. The molecule has 6 aromatic rings. The van der Waals surface area contributed by atoms with E-state index in [1.165, 1.54) is 0 Å². The average molecular weight is 733 g/mol. The Morgan fingerprint density at radius 2 is 0.852 bits per heavy atom. The Bertz CT molecular complexity index is 2050. The number of phenolic OH excluding ortho intramolecular Hbond substituents is 2. The largest absolute Gasteiger partial charge is 0.507 e. The van der Waals surface area contributed by atoms with Gasteiger partial charge in [0, 0.05) is 59.8 Å². The molecule has 284 valence electrons. The van der Waals surface area contributed by atoms with Crippen LogP contribution in [0.3, 0.4) is 0 Å². The van der Waals surface area contributed by atoms with Gasteiger partial charge in [0.05, 0.1) is 0 Å². The van der Waals surface area contributed by atoms with E-state index in [-0.39, 0.29) is 0 Å². The number of hydrogen-bond donors (Lipinski definition) is 2. The molecule has 0 aliphatic rings. The van der Waals surface area contributed by atoms with Gasteiger partial charge in [0.1, 0.15) is 23.1 Å². The molecule has 12 heteroatoms. The topological polar surface area (TPSA) is 151 Å². The predicted molar refractivity (Wildman–Crippen MR) is 214 cm³/mol. The van der Waals surface area contributed by atoms with Gasteiger partial charge in [-0.05, 0) is 139 Å². The molecule has 2 aromatic carbocycles. The van der Waals surface area contributed by atoms with Gasteiger partial charge in [-0.3, -0.25) is 0 Å². The Morgan fingerprint density at radius 3 is 1.19 bits per heavy atom. The van der Waals surface area contributed by atoms with E-state index in [4.69, 9.17) is 9.05 Å². The molecule has 6 rings (SSSR count). The fourth-order valence-electron chi connectivity index (χ4n) is 6.39. The van der Waals surface area contributed by atoms with Gasteiger partial charge in [0.15, 0.2) is 0 Å². The molecule has 0 atom stereocenters. The molecule has 4 heterocycles. The summed E-state index contributed by atoms with van der Waals surface area (Å²) in [5, 5.41) is 28.6. The highest BCUT2D eigenvalue weighted by atomic mass is 16.5. The second-order valence-corrected chi connectivity index (χ2v) is 13.2. The van der Waals surface area contributed by atoms with E-state index in [0.717, 1.165) is 107 Å². The number of hydrogen-bond acceptors (Lipinski definition) is 12. The van der Waals surface area contributed by atoms with Gasteiger partial charge in [0.2, 0.25) is 11.6 Å². The molecule has 0 amide bonds. The van der Waals surface area contributed by atoms with Crippen LogP contribution in [0.2, 0.25) is 0 Å². The Labute approximate surface area is 317 Å². The Morgan fingerprint density at radius 1 is 0.481 bits per heavy atom. The lowest BCUT2D eigenvalue weighted by atomic mass is 10.0. The van der Waals surface area contributed by atoms with Crippen LogP contribution in [0.5, 0.6) is 11.5 Å². The molecule has 0 aliphatic carbocycles. The van der Waals surface area contributed by atoms with Crippen molar-refractivity contribution < 1.29 is 19.3 Å². The fourth-order valence-corrected chi connectivity index (χ4v) is 6.39. The molecular weight excluding hydrogens is 681 g/mol. The molecule has 0 saturated heterocycles. The summed E-state index contributed by atoms with van der Waals surface area (Å²) >= 11 is 0. The molecule has 0 radical (unpaired) electrons. The number of pyridine rings is 2. The summed E-state index contributed by atoms with van der Waals surface area (Å²) in [6, 6.07) is 15.4. The van der Waals surface area contributed by atoms with Crippen LogP contribution in [0.4, 0.5) is 11.6 Å². The number of nitrogens with zero attached hydrogens (tertiary/aromatic N) is 8. The molecule has 4 aromatic heterocycles. The summed E-state index contributed by atoms with van der Waals surface area (Å²) < 4.78 is 11.1. The summed E-state index contributed by atoms with van der Waals surface area (Å²) in [6.07, 6.45) is 1.48. The van der Waals surface area contributed by atoms with Crippen molar-refractivity contribution in [2.45, 2.75) is 82.1 Å². The van der Waals surface area contributed by atoms with Crippen LogP contribution in [0, 0.1) is 27.7 Å². The molecule has 0 saturated carbocycles. The lowest BCUT2D eigenvalue weighted by Crippen LogP contribution is -2.23. The van der Waals surface area contributed by atoms with Crippen molar-refractivity contribution in [2.75, 3.05) is 36.0 Å². The van der Waals surface area contributed by atoms with E-state index >= 15 is 0 Å². The Balaban J connectivity index is 0.000000208. The molecule has 0 aliphatic heterocycles. The van der Waals surface area contributed by atoms with Crippen LogP contribution in [0.1, 0.15) is 75.2 Å². The van der Waals surface area contributed by atoms with Gasteiger partial charge in [-0.25, -0.2) is 9.97 Å². The minimum atomic E-state index is 0.332. The minimum Gasteiger partial charge on any atom is -0.507 e. The first kappa shape index (κ1) is 39.4. The summed E-state index contributed by atoms with van der Waals surface area (Å²) in [4.78, 5) is 22.8. The molecule has 2 N–H and O–H groups in total. The van der Waals surface area contributed by atoms with Gasteiger partial charge < -0.3 is 29.1 Å². The summed E-state index contributed by atoms with van der Waals surface area (Å²) in [5.41, 5.74) is 8.56. The van der Waals surface area contributed by atoms with E-state index in [1.54, 1.807) is 0 Å². The Hall–Kier alpha value is -5.78. The predicted octanol–water partition coefficient (Wildman–Crippen LogP) is 9.06. The maximum atomic E-state index is 10.1. The maximum absolute atomic E-state index is 10.1. The molecule has 0 unspecified atom stereocenters. The summed E-state index contributed by atoms with van der Waals surface area (Å²) in [7, 11) is 0. The first-order chi connectivity index (χ1) is 25.9. The van der Waals surface area contributed by atoms with Crippen LogP contribution in [-0.2, 0) is 12.8 Å². The molecule has 54 heavy (non-hydrogen) atoms. The Kier molecular flexibility index (Phi) is 12.7. The minimum absolute atomic E-state index is 0.332. The third-order valence-corrected chi connectivity index (χ3v) is 9.44. The SMILES string of the molecule is CCc1cc(-c2noc(-c3cc(C)nc(N(CC)CC)c3)n2)cc(C)c1O.CCc1cc(-c2noc(-c3cc(C)nc(N(CC)CC)c3)n2)cc(C)c1O. The van der Waals surface area contributed by atoms with Crippen LogP contribution in [-0.4, -0.2) is 66.6 Å². The standard InChI is InChI=1S/2C21H26N4O2/c2*1-6-15-11-16(9-13(4)19(15)26)20-23-21(27-24-20)17-10-14(5)22-18(12-17)25(7-2)8-3/h2*9-12,26H,6-8H2,1-5H3. The number of phenols is 2. The zero-order valence-corrected chi connectivity index (χ0v) is 33.2. The van der Waals surface area contributed by atoms with Crippen molar-refractivity contribution >= 4 is 11.6 Å². The van der Waals surface area contributed by atoms with E-state index < -0.39 is 0 Å². The zero-order valence-electron chi connectivity index (χ0n) is 33.2. The molecule has 12 nitrogen and oxygen atoms in total. The van der Waals surface area contributed by atoms with E-state index in [9.17, 15) is 10.2 Å². The van der Waals surface area contributed by atoms with Crippen LogP contribution in [0.25, 0.3) is 45.7 Å². The van der Waals surface area contributed by atoms with Gasteiger partial charge >= 0.3 is 0 Å². The van der Waals surface area contributed by atoms with E-state index in [0.29, 0.717) is 34.9 Å². The summed E-state index contributed by atoms with van der Waals surface area (Å²) in [5.74, 6) is 4.44. The van der Waals surface area contributed by atoms with Crippen LogP contribution >= 0.6 is 0 Å². The van der Waals surface area contributed by atoms with Crippen LogP contribution in [0.15, 0.2) is 57.6 Å². The number of aromatic hydroxyl groups is 2. The first-order valence-electron chi connectivity index (χ1n) is 18.7. The fraction of sp³-hybridized carbons (Fsp3) is 0.381. The lowest BCUT2D eigenvalue weighted by Gasteiger charge is -2.20. The van der Waals surface area contributed by atoms with Gasteiger partial charge in [0.25, 0.3) is 11.8 Å². The second kappa shape index (κ2) is 17.4. The highest BCUT2D eigenvalue weighted by molar-refractivity contribution is 5.67. The monoisotopic (exact) mass is 732 g/mol. The quantitative estimate of drug-likeness (QED) is 0.124. The molecular formula is C42H52N8O4. The smallest absolute Gasteiger partial charge is 0.258 e. The van der Waals surface area contributed by atoms with E-state index in [1.807, 2.05) is 90.1 Å². The highest BCUT2D eigenvalue weighted by Gasteiger charge is 2.18. The van der Waals surface area contributed by atoms with Crippen molar-refractivity contribution in [1.29, 1.82) is 0 Å². The number of benzene rings is 2. The number of anilines is 2. The third kappa shape index (κ3) is 8.70. The van der Waals surface area contributed by atoms with Crippen molar-refractivity contribution in [1.82, 2.24) is 30.2 Å². The van der Waals surface area contributed by atoms with Gasteiger partial charge in [-0.1, -0.05) is 24.2 Å². The van der Waals surface area contributed by atoms with Crippen LogP contribution < -0.4 is 9.80 Å². The second-order valence-electron chi connectivity index (χ2n) is 13.2. The zero-order chi connectivity index (χ0) is 39.1. The summed E-state index contributed by atoms with van der Waals surface area (Å²) in [6.45, 7) is 23.7. The van der Waals surface area contributed by atoms with E-state index in [2.05, 4.69) is 67.7 Å². The molecule has 0 fully saturated rings. The maximum Gasteiger partial charge on any atom is 0.258 e. The van der Waals surface area contributed by atoms with Crippen molar-refractivity contribution in [3.63, 3.8) is 0 Å². The van der Waals surface area contributed by atoms with Crippen molar-refractivity contribution in [2.24, 2.45) is 0 Å². The highest BCUT2D eigenvalue weighted by Crippen LogP contribution is 2.32.